The highest BCUT2D eigenvalue weighted by Crippen LogP contribution is 2.30. The van der Waals surface area contributed by atoms with Crippen LogP contribution in [0.25, 0.3) is 0 Å². The smallest absolute Gasteiger partial charge is 0.303 e. The summed E-state index contributed by atoms with van der Waals surface area (Å²) in [6.07, 6.45) is 5.52. The standard InChI is InChI=1S/C23H30O2S3/c24-23(25)14-8-7-13-22(26-17-15-20-9-3-1-4-10-20)16-18-27-28-19-21-11-5-2-6-12-21/h1-6,9-12,22H,7-8,13-19H2,(H,24,25). The molecule has 152 valence electrons. The molecule has 0 saturated carbocycles. The molecule has 0 aliphatic carbocycles. The summed E-state index contributed by atoms with van der Waals surface area (Å²) in [6.45, 7) is 0. The SMILES string of the molecule is O=C(O)CCCCC(CCSSCc1ccccc1)SCCc1ccccc1. The molecule has 0 heterocycles. The molecular weight excluding hydrogens is 404 g/mol. The molecule has 1 atom stereocenters. The summed E-state index contributed by atoms with van der Waals surface area (Å²) in [5.41, 5.74) is 2.77. The normalized spacial score (nSPS) is 12.0. The third-order valence-corrected chi connectivity index (χ3v) is 8.19. The second kappa shape index (κ2) is 14.9. The van der Waals surface area contributed by atoms with Crippen molar-refractivity contribution in [1.29, 1.82) is 0 Å². The Kier molecular flexibility index (Phi) is 12.4. The average molecular weight is 435 g/mol. The molecule has 0 saturated heterocycles. The second-order valence-corrected chi connectivity index (χ2v) is 10.7. The maximum Gasteiger partial charge on any atom is 0.303 e. The number of benzene rings is 2. The zero-order valence-electron chi connectivity index (χ0n) is 16.3. The third kappa shape index (κ3) is 11.1. The van der Waals surface area contributed by atoms with Crippen LogP contribution in [0.2, 0.25) is 0 Å². The molecule has 0 aromatic heterocycles. The Morgan fingerprint density at radius 1 is 0.821 bits per heavy atom. The lowest BCUT2D eigenvalue weighted by Gasteiger charge is -2.16. The van der Waals surface area contributed by atoms with Crippen LogP contribution in [0.5, 0.6) is 0 Å². The molecule has 0 aliphatic heterocycles. The molecule has 0 aliphatic rings. The zero-order chi connectivity index (χ0) is 19.9. The van der Waals surface area contributed by atoms with Gasteiger partial charge in [0.25, 0.3) is 0 Å². The van der Waals surface area contributed by atoms with Gasteiger partial charge in [-0.15, -0.1) is 0 Å². The number of rotatable bonds is 15. The van der Waals surface area contributed by atoms with Crippen LogP contribution in [-0.2, 0) is 17.0 Å². The molecule has 1 N–H and O–H groups in total. The number of hydrogen-bond donors (Lipinski definition) is 1. The van der Waals surface area contributed by atoms with Crippen LogP contribution < -0.4 is 0 Å². The summed E-state index contributed by atoms with van der Waals surface area (Å²) < 4.78 is 0. The number of aryl methyl sites for hydroxylation is 1. The van der Waals surface area contributed by atoms with E-state index < -0.39 is 5.97 Å². The van der Waals surface area contributed by atoms with Crippen molar-refractivity contribution >= 4 is 39.3 Å². The maximum atomic E-state index is 10.7. The highest BCUT2D eigenvalue weighted by atomic mass is 33.1. The van der Waals surface area contributed by atoms with Crippen LogP contribution in [0.15, 0.2) is 60.7 Å². The molecule has 0 amide bonds. The van der Waals surface area contributed by atoms with Crippen molar-refractivity contribution in [2.45, 2.75) is 49.5 Å². The van der Waals surface area contributed by atoms with Gasteiger partial charge < -0.3 is 5.11 Å². The van der Waals surface area contributed by atoms with E-state index in [1.807, 2.05) is 21.6 Å². The Balaban J connectivity index is 1.66. The highest BCUT2D eigenvalue weighted by Gasteiger charge is 2.10. The Morgan fingerprint density at radius 3 is 2.18 bits per heavy atom. The van der Waals surface area contributed by atoms with Crippen LogP contribution >= 0.6 is 33.3 Å². The molecule has 28 heavy (non-hydrogen) atoms. The second-order valence-electron chi connectivity index (χ2n) is 6.73. The molecule has 0 fully saturated rings. The van der Waals surface area contributed by atoms with Gasteiger partial charge in [-0.1, -0.05) is 88.7 Å². The molecule has 5 heteroatoms. The van der Waals surface area contributed by atoms with Crippen molar-refractivity contribution in [3.8, 4) is 0 Å². The van der Waals surface area contributed by atoms with Crippen LogP contribution in [0.4, 0.5) is 0 Å². The van der Waals surface area contributed by atoms with Gasteiger partial charge in [0.05, 0.1) is 0 Å². The first-order valence-electron chi connectivity index (χ1n) is 9.89. The first-order valence-corrected chi connectivity index (χ1v) is 13.4. The average Bonchev–Trinajstić information content (AvgIpc) is 2.72. The monoisotopic (exact) mass is 434 g/mol. The van der Waals surface area contributed by atoms with Gasteiger partial charge in [0, 0.05) is 23.2 Å². The Labute approximate surface area is 181 Å². The number of unbranched alkanes of at least 4 members (excludes halogenated alkanes) is 1. The fraction of sp³-hybridized carbons (Fsp3) is 0.435. The van der Waals surface area contributed by atoms with Crippen LogP contribution in [0.3, 0.4) is 0 Å². The molecule has 2 rings (SSSR count). The molecule has 0 radical (unpaired) electrons. The van der Waals surface area contributed by atoms with E-state index in [9.17, 15) is 4.79 Å². The quantitative estimate of drug-likeness (QED) is 0.242. The van der Waals surface area contributed by atoms with Crippen molar-refractivity contribution in [3.63, 3.8) is 0 Å². The van der Waals surface area contributed by atoms with E-state index in [1.165, 1.54) is 17.5 Å². The minimum absolute atomic E-state index is 0.295. The number of thioether (sulfide) groups is 1. The van der Waals surface area contributed by atoms with Crippen LogP contribution in [0.1, 0.15) is 43.2 Å². The molecule has 0 spiro atoms. The minimum Gasteiger partial charge on any atom is -0.481 e. The molecule has 1 unspecified atom stereocenters. The van der Waals surface area contributed by atoms with E-state index in [0.717, 1.165) is 42.9 Å². The lowest BCUT2D eigenvalue weighted by atomic mass is 10.1. The Hall–Kier alpha value is -1.04. The number of carboxylic acids is 1. The van der Waals surface area contributed by atoms with Gasteiger partial charge in [-0.2, -0.15) is 11.8 Å². The van der Waals surface area contributed by atoms with Crippen molar-refractivity contribution in [2.75, 3.05) is 11.5 Å². The number of carboxylic acid groups (broad SMARTS) is 1. The zero-order valence-corrected chi connectivity index (χ0v) is 18.7. The molecule has 0 bridgehead atoms. The summed E-state index contributed by atoms with van der Waals surface area (Å²) in [5.74, 6) is 2.66. The van der Waals surface area contributed by atoms with Crippen molar-refractivity contribution in [3.05, 3.63) is 71.8 Å². The van der Waals surface area contributed by atoms with Crippen molar-refractivity contribution in [2.24, 2.45) is 0 Å². The molecule has 2 aromatic carbocycles. The van der Waals surface area contributed by atoms with Crippen LogP contribution in [0, 0.1) is 0 Å². The first kappa shape index (κ1) is 23.2. The minimum atomic E-state index is -0.679. The predicted octanol–water partition coefficient (Wildman–Crippen LogP) is 6.95. The molecular formula is C23H30O2S3. The fourth-order valence-electron chi connectivity index (χ4n) is 2.87. The van der Waals surface area contributed by atoms with Crippen molar-refractivity contribution < 1.29 is 9.90 Å². The van der Waals surface area contributed by atoms with Gasteiger partial charge in [-0.3, -0.25) is 4.79 Å². The third-order valence-electron chi connectivity index (χ3n) is 4.43. The topological polar surface area (TPSA) is 37.3 Å². The van der Waals surface area contributed by atoms with E-state index in [-0.39, 0.29) is 0 Å². The predicted molar refractivity (Wildman–Crippen MR) is 127 cm³/mol. The number of aliphatic carboxylic acids is 1. The van der Waals surface area contributed by atoms with E-state index in [4.69, 9.17) is 5.11 Å². The number of carbonyl (C=O) groups is 1. The van der Waals surface area contributed by atoms with Gasteiger partial charge in [0.1, 0.15) is 0 Å². The van der Waals surface area contributed by atoms with Crippen molar-refractivity contribution in [1.82, 2.24) is 0 Å². The first-order chi connectivity index (χ1) is 13.7. The van der Waals surface area contributed by atoms with Gasteiger partial charge in [-0.05, 0) is 42.6 Å². The number of hydrogen-bond acceptors (Lipinski definition) is 4. The van der Waals surface area contributed by atoms with E-state index in [2.05, 4.69) is 72.4 Å². The van der Waals surface area contributed by atoms with Crippen LogP contribution in [-0.4, -0.2) is 27.8 Å². The fourth-order valence-corrected chi connectivity index (χ4v) is 6.53. The Bertz CT molecular complexity index is 649. The van der Waals surface area contributed by atoms with E-state index in [0.29, 0.717) is 11.7 Å². The summed E-state index contributed by atoms with van der Waals surface area (Å²) >= 11 is 2.06. The Morgan fingerprint density at radius 2 is 1.50 bits per heavy atom. The summed E-state index contributed by atoms with van der Waals surface area (Å²) in [7, 11) is 3.89. The van der Waals surface area contributed by atoms with Gasteiger partial charge in [0.15, 0.2) is 0 Å². The maximum absolute atomic E-state index is 10.7. The van der Waals surface area contributed by atoms with Gasteiger partial charge in [-0.25, -0.2) is 0 Å². The van der Waals surface area contributed by atoms with Gasteiger partial charge >= 0.3 is 5.97 Å². The lowest BCUT2D eigenvalue weighted by Crippen LogP contribution is -2.07. The van der Waals surface area contributed by atoms with E-state index >= 15 is 0 Å². The van der Waals surface area contributed by atoms with E-state index in [1.54, 1.807) is 0 Å². The highest BCUT2D eigenvalue weighted by molar-refractivity contribution is 8.76. The summed E-state index contributed by atoms with van der Waals surface area (Å²) in [4.78, 5) is 10.7. The molecule has 2 nitrogen and oxygen atoms in total. The van der Waals surface area contributed by atoms with Gasteiger partial charge in [0.2, 0.25) is 0 Å². The molecule has 2 aromatic rings. The summed E-state index contributed by atoms with van der Waals surface area (Å²) in [5, 5.41) is 9.46. The largest absolute Gasteiger partial charge is 0.481 e. The lowest BCUT2D eigenvalue weighted by molar-refractivity contribution is -0.137. The summed E-state index contributed by atoms with van der Waals surface area (Å²) in [6, 6.07) is 21.3.